The quantitative estimate of drug-likeness (QED) is 0.695. The Kier molecular flexibility index (Phi) is 5.76. The lowest BCUT2D eigenvalue weighted by Crippen LogP contribution is -2.58. The van der Waals surface area contributed by atoms with Crippen LogP contribution < -0.4 is 0 Å². The van der Waals surface area contributed by atoms with Crippen molar-refractivity contribution < 1.29 is 14.3 Å². The fourth-order valence-corrected chi connectivity index (χ4v) is 4.42. The van der Waals surface area contributed by atoms with Gasteiger partial charge in [0.05, 0.1) is 25.7 Å². The summed E-state index contributed by atoms with van der Waals surface area (Å²) in [5.74, 6) is 0.428. The van der Waals surface area contributed by atoms with Crippen LogP contribution in [0.4, 0.5) is 0 Å². The van der Waals surface area contributed by atoms with Gasteiger partial charge in [0.15, 0.2) is 0 Å². The Morgan fingerprint density at radius 1 is 0.846 bits per heavy atom. The predicted molar refractivity (Wildman–Crippen MR) is 97.7 cm³/mol. The van der Waals surface area contributed by atoms with Gasteiger partial charge in [-0.2, -0.15) is 0 Å². The summed E-state index contributed by atoms with van der Waals surface area (Å²) in [4.78, 5) is 33.8. The Morgan fingerprint density at radius 2 is 1.62 bits per heavy atom. The zero-order valence-electron chi connectivity index (χ0n) is 15.8. The molecule has 4 rings (SSSR count). The topological polar surface area (TPSA) is 56.3 Å². The maximum atomic E-state index is 12.8. The summed E-state index contributed by atoms with van der Waals surface area (Å²) in [6, 6.07) is 0.766. The molecule has 7 heteroatoms. The molecule has 0 bridgehead atoms. The zero-order valence-corrected chi connectivity index (χ0v) is 15.8. The molecule has 3 saturated heterocycles. The summed E-state index contributed by atoms with van der Waals surface area (Å²) in [6.07, 6.45) is 5.10. The number of nitrogens with zero attached hydrogens (tertiary/aromatic N) is 4. The highest BCUT2D eigenvalue weighted by atomic mass is 16.5. The second-order valence-corrected chi connectivity index (χ2v) is 8.18. The molecule has 4 aliphatic rings. The molecule has 7 nitrogen and oxygen atoms in total. The van der Waals surface area contributed by atoms with Crippen molar-refractivity contribution in [3.63, 3.8) is 0 Å². The molecule has 0 N–H and O–H groups in total. The van der Waals surface area contributed by atoms with Crippen LogP contribution in [0.5, 0.6) is 0 Å². The van der Waals surface area contributed by atoms with Crippen molar-refractivity contribution in [2.24, 2.45) is 5.92 Å². The molecule has 1 aliphatic carbocycles. The van der Waals surface area contributed by atoms with Gasteiger partial charge in [-0.15, -0.1) is 0 Å². The number of rotatable bonds is 4. The summed E-state index contributed by atoms with van der Waals surface area (Å²) < 4.78 is 5.32. The van der Waals surface area contributed by atoms with Crippen LogP contribution in [0.25, 0.3) is 0 Å². The number of hydrogen-bond donors (Lipinski definition) is 0. The van der Waals surface area contributed by atoms with E-state index in [4.69, 9.17) is 4.74 Å². The monoisotopic (exact) mass is 364 g/mol. The number of morpholine rings is 1. The smallest absolute Gasteiger partial charge is 0.236 e. The number of ether oxygens (including phenoxy) is 1. The van der Waals surface area contributed by atoms with Gasteiger partial charge in [0, 0.05) is 58.4 Å². The number of carbonyl (C=O) groups excluding carboxylic acids is 2. The van der Waals surface area contributed by atoms with E-state index in [0.717, 1.165) is 51.7 Å². The maximum absolute atomic E-state index is 12.8. The second kappa shape index (κ2) is 8.23. The van der Waals surface area contributed by atoms with Crippen LogP contribution in [0.2, 0.25) is 0 Å². The van der Waals surface area contributed by atoms with Crippen LogP contribution >= 0.6 is 0 Å². The fourth-order valence-electron chi connectivity index (χ4n) is 4.42. The molecule has 2 amide bonds. The Hall–Kier alpha value is -1.18. The third-order valence-corrected chi connectivity index (χ3v) is 6.48. The Balaban J connectivity index is 1.19. The number of amides is 2. The van der Waals surface area contributed by atoms with Gasteiger partial charge in [-0.1, -0.05) is 6.42 Å². The number of likely N-dealkylation sites (tertiary alicyclic amines) is 1. The standard InChI is InChI=1S/C19H32N4O3/c24-18(15-20-9-11-26-12-10-20)23-13-16(14-23)19(25)22-6-2-5-21(7-8-22)17-3-1-4-17/h16-17H,1-15H2. The Bertz CT molecular complexity index is 513. The van der Waals surface area contributed by atoms with Crippen LogP contribution in [-0.2, 0) is 14.3 Å². The summed E-state index contributed by atoms with van der Waals surface area (Å²) >= 11 is 0. The molecule has 146 valence electrons. The van der Waals surface area contributed by atoms with Gasteiger partial charge < -0.3 is 14.5 Å². The summed E-state index contributed by atoms with van der Waals surface area (Å²) in [5.41, 5.74) is 0. The van der Waals surface area contributed by atoms with Gasteiger partial charge in [-0.25, -0.2) is 0 Å². The molecule has 0 aromatic heterocycles. The average molecular weight is 364 g/mol. The van der Waals surface area contributed by atoms with Crippen molar-refractivity contribution in [2.75, 3.05) is 72.1 Å². The first-order valence-electron chi connectivity index (χ1n) is 10.3. The van der Waals surface area contributed by atoms with Gasteiger partial charge in [0.25, 0.3) is 0 Å². The highest BCUT2D eigenvalue weighted by molar-refractivity contribution is 5.85. The molecule has 0 atom stereocenters. The largest absolute Gasteiger partial charge is 0.379 e. The van der Waals surface area contributed by atoms with Crippen molar-refractivity contribution in [3.05, 3.63) is 0 Å². The van der Waals surface area contributed by atoms with Gasteiger partial charge in [-0.3, -0.25) is 19.4 Å². The van der Waals surface area contributed by atoms with Crippen molar-refractivity contribution in [1.82, 2.24) is 19.6 Å². The minimum absolute atomic E-state index is 0.0129. The lowest BCUT2D eigenvalue weighted by molar-refractivity contribution is -0.149. The van der Waals surface area contributed by atoms with E-state index in [0.29, 0.717) is 32.8 Å². The summed E-state index contributed by atoms with van der Waals surface area (Å²) in [6.45, 7) is 8.61. The van der Waals surface area contributed by atoms with Crippen LogP contribution in [0, 0.1) is 5.92 Å². The molecular formula is C19H32N4O3. The average Bonchev–Trinajstić information content (AvgIpc) is 2.79. The lowest BCUT2D eigenvalue weighted by Gasteiger charge is -2.41. The van der Waals surface area contributed by atoms with Gasteiger partial charge in [0.2, 0.25) is 11.8 Å². The van der Waals surface area contributed by atoms with Crippen molar-refractivity contribution in [1.29, 1.82) is 0 Å². The molecule has 3 aliphatic heterocycles. The molecule has 4 fully saturated rings. The third-order valence-electron chi connectivity index (χ3n) is 6.48. The first kappa shape index (κ1) is 18.2. The normalized spacial score (nSPS) is 26.9. The van der Waals surface area contributed by atoms with Gasteiger partial charge in [0.1, 0.15) is 0 Å². The summed E-state index contributed by atoms with van der Waals surface area (Å²) in [7, 11) is 0. The van der Waals surface area contributed by atoms with E-state index in [1.54, 1.807) is 0 Å². The van der Waals surface area contributed by atoms with E-state index >= 15 is 0 Å². The predicted octanol–water partition coefficient (Wildman–Crippen LogP) is -0.136. The number of carbonyl (C=O) groups is 2. The van der Waals surface area contributed by atoms with Gasteiger partial charge in [-0.05, 0) is 19.3 Å². The molecule has 0 radical (unpaired) electrons. The van der Waals surface area contributed by atoms with Crippen molar-refractivity contribution in [2.45, 2.75) is 31.7 Å². The zero-order chi connectivity index (χ0) is 17.9. The van der Waals surface area contributed by atoms with Crippen LogP contribution in [-0.4, -0.2) is 110 Å². The third kappa shape index (κ3) is 4.05. The molecule has 3 heterocycles. The van der Waals surface area contributed by atoms with Crippen LogP contribution in [0.1, 0.15) is 25.7 Å². The Labute approximate surface area is 156 Å². The molecule has 0 aromatic rings. The second-order valence-electron chi connectivity index (χ2n) is 8.18. The molecule has 0 spiro atoms. The lowest BCUT2D eigenvalue weighted by atomic mass is 9.91. The molecule has 0 unspecified atom stereocenters. The van der Waals surface area contributed by atoms with Crippen molar-refractivity contribution >= 4 is 11.8 Å². The highest BCUT2D eigenvalue weighted by Crippen LogP contribution is 2.26. The van der Waals surface area contributed by atoms with Crippen molar-refractivity contribution in [3.8, 4) is 0 Å². The van der Waals surface area contributed by atoms with Crippen LogP contribution in [0.3, 0.4) is 0 Å². The fraction of sp³-hybridized carbons (Fsp3) is 0.895. The Morgan fingerprint density at radius 3 is 2.31 bits per heavy atom. The van der Waals surface area contributed by atoms with Crippen LogP contribution in [0.15, 0.2) is 0 Å². The molecule has 0 aromatic carbocycles. The first-order chi connectivity index (χ1) is 12.7. The van der Waals surface area contributed by atoms with E-state index in [1.165, 1.54) is 19.3 Å². The van der Waals surface area contributed by atoms with E-state index < -0.39 is 0 Å². The minimum atomic E-state index is 0.0129. The SMILES string of the molecule is O=C(CN1CCOCC1)N1CC(C(=O)N2CCCN(C3CCC3)CC2)C1. The van der Waals surface area contributed by atoms with E-state index in [-0.39, 0.29) is 17.7 Å². The van der Waals surface area contributed by atoms with E-state index in [1.807, 2.05) is 9.80 Å². The highest BCUT2D eigenvalue weighted by Gasteiger charge is 2.39. The molecular weight excluding hydrogens is 332 g/mol. The maximum Gasteiger partial charge on any atom is 0.236 e. The van der Waals surface area contributed by atoms with Gasteiger partial charge >= 0.3 is 0 Å². The molecule has 1 saturated carbocycles. The minimum Gasteiger partial charge on any atom is -0.379 e. The number of hydrogen-bond acceptors (Lipinski definition) is 5. The first-order valence-corrected chi connectivity index (χ1v) is 10.3. The molecule has 26 heavy (non-hydrogen) atoms. The summed E-state index contributed by atoms with van der Waals surface area (Å²) in [5, 5.41) is 0. The van der Waals surface area contributed by atoms with E-state index in [9.17, 15) is 9.59 Å². The van der Waals surface area contributed by atoms with E-state index in [2.05, 4.69) is 9.80 Å².